The fourth-order valence-corrected chi connectivity index (χ4v) is 3.05. The van der Waals surface area contributed by atoms with Gasteiger partial charge >= 0.3 is 0 Å². The molecule has 0 bridgehead atoms. The largest absolute Gasteiger partial charge is 0.375 e. The average molecular weight is 298 g/mol. The minimum Gasteiger partial charge on any atom is -0.375 e. The van der Waals surface area contributed by atoms with Crippen molar-refractivity contribution in [3.63, 3.8) is 0 Å². The molecule has 0 amide bonds. The lowest BCUT2D eigenvalue weighted by atomic mass is 9.84. The zero-order valence-corrected chi connectivity index (χ0v) is 12.1. The molecule has 20 heavy (non-hydrogen) atoms. The molecule has 0 aliphatic heterocycles. The molecule has 1 fully saturated rings. The number of nitro benzene ring substituents is 1. The number of nitrogens with two attached hydrogens (primary N) is 1. The van der Waals surface area contributed by atoms with Crippen molar-refractivity contribution in [1.82, 2.24) is 0 Å². The summed E-state index contributed by atoms with van der Waals surface area (Å²) in [6.45, 7) is 0.477. The molecule has 6 heteroatoms. The van der Waals surface area contributed by atoms with Gasteiger partial charge in [0.05, 0.1) is 4.92 Å². The number of benzene rings is 1. The second-order valence-corrected chi connectivity index (χ2v) is 5.74. The highest BCUT2D eigenvalue weighted by Crippen LogP contribution is 2.32. The van der Waals surface area contributed by atoms with E-state index in [1.54, 1.807) is 12.1 Å². The highest BCUT2D eigenvalue weighted by atomic mass is 35.5. The Morgan fingerprint density at radius 3 is 2.70 bits per heavy atom. The van der Waals surface area contributed by atoms with Gasteiger partial charge in [0, 0.05) is 23.7 Å². The van der Waals surface area contributed by atoms with Gasteiger partial charge in [-0.2, -0.15) is 0 Å². The third-order valence-corrected chi connectivity index (χ3v) is 4.21. The van der Waals surface area contributed by atoms with Crippen molar-refractivity contribution in [3.8, 4) is 0 Å². The summed E-state index contributed by atoms with van der Waals surface area (Å²) in [7, 11) is 0. The second kappa shape index (κ2) is 6.90. The maximum absolute atomic E-state index is 11.1. The molecule has 0 radical (unpaired) electrons. The Hall–Kier alpha value is -1.33. The van der Waals surface area contributed by atoms with Crippen LogP contribution in [0.2, 0.25) is 5.02 Å². The van der Waals surface area contributed by atoms with Crippen LogP contribution in [0.3, 0.4) is 0 Å². The van der Waals surface area contributed by atoms with Crippen molar-refractivity contribution in [1.29, 1.82) is 0 Å². The minimum atomic E-state index is -0.414. The van der Waals surface area contributed by atoms with Gasteiger partial charge in [-0.25, -0.2) is 0 Å². The van der Waals surface area contributed by atoms with Gasteiger partial charge in [0.25, 0.3) is 5.69 Å². The number of nitrogens with zero attached hydrogens (tertiary/aromatic N) is 1. The van der Waals surface area contributed by atoms with E-state index in [1.807, 2.05) is 0 Å². The highest BCUT2D eigenvalue weighted by Gasteiger charge is 2.25. The van der Waals surface area contributed by atoms with Gasteiger partial charge in [0.15, 0.2) is 0 Å². The van der Waals surface area contributed by atoms with Crippen LogP contribution in [0, 0.1) is 16.0 Å². The Morgan fingerprint density at radius 2 is 2.10 bits per heavy atom. The predicted octanol–water partition coefficient (Wildman–Crippen LogP) is 3.57. The summed E-state index contributed by atoms with van der Waals surface area (Å²) in [4.78, 5) is 10.7. The summed E-state index contributed by atoms with van der Waals surface area (Å²) >= 11 is 5.82. The van der Waals surface area contributed by atoms with Crippen LogP contribution in [0.15, 0.2) is 18.2 Å². The van der Waals surface area contributed by atoms with Crippen LogP contribution in [0.4, 0.5) is 11.4 Å². The number of anilines is 1. The Balaban J connectivity index is 2.16. The van der Waals surface area contributed by atoms with E-state index in [0.29, 0.717) is 23.2 Å². The third-order valence-electron chi connectivity index (χ3n) is 3.97. The summed E-state index contributed by atoms with van der Waals surface area (Å²) in [5.41, 5.74) is 6.36. The SMILES string of the molecule is NCC(Nc1ccc(Cl)cc1[N+](=O)[O-])C1CCCCC1. The van der Waals surface area contributed by atoms with E-state index in [2.05, 4.69) is 5.32 Å². The summed E-state index contributed by atoms with van der Waals surface area (Å²) in [6.07, 6.45) is 5.97. The minimum absolute atomic E-state index is 0.00626. The first-order chi connectivity index (χ1) is 9.61. The Morgan fingerprint density at radius 1 is 1.40 bits per heavy atom. The van der Waals surface area contributed by atoms with E-state index in [4.69, 9.17) is 17.3 Å². The first-order valence-corrected chi connectivity index (χ1v) is 7.40. The number of nitro groups is 1. The molecule has 110 valence electrons. The predicted molar refractivity (Wildman–Crippen MR) is 81.1 cm³/mol. The first-order valence-electron chi connectivity index (χ1n) is 7.02. The van der Waals surface area contributed by atoms with Crippen LogP contribution in [0.5, 0.6) is 0 Å². The van der Waals surface area contributed by atoms with Crippen LogP contribution in [0.1, 0.15) is 32.1 Å². The Labute approximate surface area is 123 Å². The maximum atomic E-state index is 11.1. The number of nitrogens with one attached hydrogen (secondary N) is 1. The molecule has 1 atom stereocenters. The Kier molecular flexibility index (Phi) is 5.20. The molecule has 0 aromatic heterocycles. The van der Waals surface area contributed by atoms with Crippen molar-refractivity contribution in [3.05, 3.63) is 33.3 Å². The molecular weight excluding hydrogens is 278 g/mol. The van der Waals surface area contributed by atoms with Gasteiger partial charge < -0.3 is 11.1 Å². The normalized spacial score (nSPS) is 17.7. The second-order valence-electron chi connectivity index (χ2n) is 5.30. The smallest absolute Gasteiger partial charge is 0.293 e. The molecule has 2 rings (SSSR count). The molecule has 1 aliphatic carbocycles. The number of rotatable bonds is 5. The van der Waals surface area contributed by atoms with E-state index >= 15 is 0 Å². The number of hydrogen-bond donors (Lipinski definition) is 2. The van der Waals surface area contributed by atoms with Gasteiger partial charge in [0.1, 0.15) is 5.69 Å². The lowest BCUT2D eigenvalue weighted by Crippen LogP contribution is -2.37. The zero-order valence-electron chi connectivity index (χ0n) is 11.3. The van der Waals surface area contributed by atoms with Crippen molar-refractivity contribution < 1.29 is 4.92 Å². The Bertz CT molecular complexity index is 475. The summed E-state index contributed by atoms with van der Waals surface area (Å²) in [6, 6.07) is 4.77. The first kappa shape index (κ1) is 15.1. The van der Waals surface area contributed by atoms with Gasteiger partial charge in [0.2, 0.25) is 0 Å². The maximum Gasteiger partial charge on any atom is 0.293 e. The quantitative estimate of drug-likeness (QED) is 0.643. The van der Waals surface area contributed by atoms with Gasteiger partial charge in [-0.1, -0.05) is 30.9 Å². The molecule has 1 unspecified atom stereocenters. The lowest BCUT2D eigenvalue weighted by Gasteiger charge is -2.30. The molecule has 1 aromatic rings. The third kappa shape index (κ3) is 3.61. The van der Waals surface area contributed by atoms with Crippen LogP contribution in [0.25, 0.3) is 0 Å². The van der Waals surface area contributed by atoms with Crippen LogP contribution in [-0.4, -0.2) is 17.5 Å². The van der Waals surface area contributed by atoms with Crippen molar-refractivity contribution in [2.24, 2.45) is 11.7 Å². The van der Waals surface area contributed by atoms with E-state index in [1.165, 1.54) is 25.3 Å². The molecule has 5 nitrogen and oxygen atoms in total. The van der Waals surface area contributed by atoms with Crippen molar-refractivity contribution >= 4 is 23.0 Å². The number of halogens is 1. The standard InChI is InChI=1S/C14H20ClN3O2/c15-11-6-7-12(14(8-11)18(19)20)17-13(9-16)10-4-2-1-3-5-10/h6-8,10,13,17H,1-5,9,16H2. The zero-order chi connectivity index (χ0) is 14.5. The van der Waals surface area contributed by atoms with Crippen LogP contribution >= 0.6 is 11.6 Å². The molecule has 1 aromatic carbocycles. The molecule has 1 saturated carbocycles. The van der Waals surface area contributed by atoms with Crippen molar-refractivity contribution in [2.75, 3.05) is 11.9 Å². The van der Waals surface area contributed by atoms with Crippen LogP contribution in [-0.2, 0) is 0 Å². The summed E-state index contributed by atoms with van der Waals surface area (Å²) < 4.78 is 0. The lowest BCUT2D eigenvalue weighted by molar-refractivity contribution is -0.384. The van der Waals surface area contributed by atoms with E-state index in [9.17, 15) is 10.1 Å². The molecule has 3 N–H and O–H groups in total. The summed E-state index contributed by atoms with van der Waals surface area (Å²) in [5, 5.41) is 14.7. The van der Waals surface area contributed by atoms with Crippen LogP contribution < -0.4 is 11.1 Å². The molecule has 0 spiro atoms. The van der Waals surface area contributed by atoms with E-state index in [0.717, 1.165) is 12.8 Å². The summed E-state index contributed by atoms with van der Waals surface area (Å²) in [5.74, 6) is 0.490. The fraction of sp³-hybridized carbons (Fsp3) is 0.571. The van der Waals surface area contributed by atoms with Gasteiger partial charge in [-0.15, -0.1) is 0 Å². The highest BCUT2D eigenvalue weighted by molar-refractivity contribution is 6.30. The van der Waals surface area contributed by atoms with E-state index in [-0.39, 0.29) is 11.7 Å². The molecular formula is C14H20ClN3O2. The van der Waals surface area contributed by atoms with Gasteiger partial charge in [-0.05, 0) is 30.9 Å². The topological polar surface area (TPSA) is 81.2 Å². The number of hydrogen-bond acceptors (Lipinski definition) is 4. The van der Waals surface area contributed by atoms with E-state index < -0.39 is 4.92 Å². The molecule has 0 saturated heterocycles. The van der Waals surface area contributed by atoms with Gasteiger partial charge in [-0.3, -0.25) is 10.1 Å². The molecule has 0 heterocycles. The monoisotopic (exact) mass is 297 g/mol. The molecule has 1 aliphatic rings. The van der Waals surface area contributed by atoms with Crippen molar-refractivity contribution in [2.45, 2.75) is 38.1 Å². The average Bonchev–Trinajstić information content (AvgIpc) is 2.46. The fourth-order valence-electron chi connectivity index (χ4n) is 2.88.